The first kappa shape index (κ1) is 19.7. The molecular formula is C16H19BrN4O2S2. The van der Waals surface area contributed by atoms with Crippen LogP contribution in [0.1, 0.15) is 11.3 Å². The van der Waals surface area contributed by atoms with E-state index in [1.54, 1.807) is 11.8 Å². The Bertz CT molecular complexity index is 749. The number of halogens is 1. The molecule has 2 rings (SSSR count). The van der Waals surface area contributed by atoms with E-state index in [9.17, 15) is 9.59 Å². The summed E-state index contributed by atoms with van der Waals surface area (Å²) in [6.45, 7) is 1.96. The molecule has 1 heterocycles. The maximum Gasteiger partial charge on any atom is 0.312 e. The molecule has 0 radical (unpaired) electrons. The van der Waals surface area contributed by atoms with Crippen molar-refractivity contribution in [3.63, 3.8) is 0 Å². The number of thiazole rings is 1. The second-order valence-corrected chi connectivity index (χ2v) is 8.37. The van der Waals surface area contributed by atoms with Crippen LogP contribution in [0.3, 0.4) is 0 Å². The van der Waals surface area contributed by atoms with Crippen molar-refractivity contribution in [3.05, 3.63) is 33.6 Å². The Morgan fingerprint density at radius 1 is 1.36 bits per heavy atom. The van der Waals surface area contributed by atoms with Gasteiger partial charge in [-0.05, 0) is 37.5 Å². The lowest BCUT2D eigenvalue weighted by atomic mass is 10.1. The van der Waals surface area contributed by atoms with Gasteiger partial charge >= 0.3 is 6.03 Å². The highest BCUT2D eigenvalue weighted by Crippen LogP contribution is 2.31. The van der Waals surface area contributed by atoms with Crippen LogP contribution in [0.2, 0.25) is 0 Å². The molecule has 0 aliphatic heterocycles. The Hall–Kier alpha value is -1.58. The van der Waals surface area contributed by atoms with Gasteiger partial charge in [-0.15, -0.1) is 11.3 Å². The predicted molar refractivity (Wildman–Crippen MR) is 108 cm³/mol. The highest BCUT2D eigenvalue weighted by atomic mass is 79.9. The van der Waals surface area contributed by atoms with Crippen LogP contribution in [-0.2, 0) is 4.79 Å². The number of thioether (sulfide) groups is 1. The van der Waals surface area contributed by atoms with Crippen LogP contribution in [-0.4, -0.2) is 35.0 Å². The first-order chi connectivity index (χ1) is 11.9. The average Bonchev–Trinajstić information content (AvgIpc) is 2.92. The monoisotopic (exact) mass is 442 g/mol. The van der Waals surface area contributed by atoms with Gasteiger partial charge in [-0.25, -0.2) is 9.78 Å². The number of primary amides is 1. The third kappa shape index (κ3) is 5.72. The standard InChI is InChI=1S/C16H19BrN4O2S2/c1-9-13(10-3-5-11(17)6-4-10)20-16(25-9)21-14(22)12(7-8-24-2)19-15(18)23/h3-6,12H,7-8H2,1-2H3,(H3,18,19,23)(H,20,21,22). The van der Waals surface area contributed by atoms with Gasteiger partial charge in [0.25, 0.3) is 0 Å². The number of nitrogens with zero attached hydrogens (tertiary/aromatic N) is 1. The second kappa shape index (κ2) is 9.21. The second-order valence-electron chi connectivity index (χ2n) is 5.26. The van der Waals surface area contributed by atoms with Gasteiger partial charge in [0.2, 0.25) is 5.91 Å². The highest BCUT2D eigenvalue weighted by Gasteiger charge is 2.21. The van der Waals surface area contributed by atoms with E-state index in [0.717, 1.165) is 26.4 Å². The van der Waals surface area contributed by atoms with Crippen molar-refractivity contribution in [3.8, 4) is 11.3 Å². The molecule has 0 spiro atoms. The van der Waals surface area contributed by atoms with Crippen LogP contribution in [0.4, 0.5) is 9.93 Å². The number of hydrogen-bond donors (Lipinski definition) is 3. The van der Waals surface area contributed by atoms with E-state index in [2.05, 4.69) is 31.5 Å². The van der Waals surface area contributed by atoms with E-state index in [-0.39, 0.29) is 5.91 Å². The largest absolute Gasteiger partial charge is 0.352 e. The molecule has 1 atom stereocenters. The summed E-state index contributed by atoms with van der Waals surface area (Å²) in [5, 5.41) is 5.76. The zero-order valence-corrected chi connectivity index (χ0v) is 17.1. The van der Waals surface area contributed by atoms with E-state index in [1.807, 2.05) is 37.4 Å². The fourth-order valence-electron chi connectivity index (χ4n) is 2.19. The molecule has 0 aliphatic carbocycles. The van der Waals surface area contributed by atoms with Crippen LogP contribution in [0.5, 0.6) is 0 Å². The van der Waals surface area contributed by atoms with Crippen molar-refractivity contribution < 1.29 is 9.59 Å². The third-order valence-corrected chi connectivity index (χ3v) is 5.45. The van der Waals surface area contributed by atoms with Crippen molar-refractivity contribution in [1.82, 2.24) is 10.3 Å². The van der Waals surface area contributed by atoms with Crippen LogP contribution >= 0.6 is 39.0 Å². The third-order valence-electron chi connectivity index (χ3n) is 3.39. The molecule has 134 valence electrons. The average molecular weight is 443 g/mol. The van der Waals surface area contributed by atoms with Gasteiger partial charge in [-0.3, -0.25) is 4.79 Å². The van der Waals surface area contributed by atoms with Crippen molar-refractivity contribution >= 4 is 56.1 Å². The Morgan fingerprint density at radius 3 is 2.64 bits per heavy atom. The van der Waals surface area contributed by atoms with Crippen molar-refractivity contribution in [2.24, 2.45) is 5.73 Å². The number of amides is 3. The molecular weight excluding hydrogens is 424 g/mol. The molecule has 0 saturated heterocycles. The summed E-state index contributed by atoms with van der Waals surface area (Å²) in [4.78, 5) is 29.0. The topological polar surface area (TPSA) is 97.1 Å². The van der Waals surface area contributed by atoms with Crippen molar-refractivity contribution in [1.29, 1.82) is 0 Å². The summed E-state index contributed by atoms with van der Waals surface area (Å²) < 4.78 is 0.992. The molecule has 0 aliphatic rings. The Morgan fingerprint density at radius 2 is 2.04 bits per heavy atom. The van der Waals surface area contributed by atoms with E-state index in [1.165, 1.54) is 11.3 Å². The first-order valence-electron chi connectivity index (χ1n) is 7.50. The van der Waals surface area contributed by atoms with Crippen LogP contribution in [0.25, 0.3) is 11.3 Å². The van der Waals surface area contributed by atoms with Gasteiger partial charge in [0.15, 0.2) is 5.13 Å². The van der Waals surface area contributed by atoms with Crippen molar-refractivity contribution in [2.45, 2.75) is 19.4 Å². The number of nitrogens with two attached hydrogens (primary N) is 1. The fraction of sp³-hybridized carbons (Fsp3) is 0.312. The van der Waals surface area contributed by atoms with E-state index in [0.29, 0.717) is 11.6 Å². The number of benzene rings is 1. The van der Waals surface area contributed by atoms with Crippen molar-refractivity contribution in [2.75, 3.05) is 17.3 Å². The summed E-state index contributed by atoms with van der Waals surface area (Å²) >= 11 is 6.40. The van der Waals surface area contributed by atoms with Crippen LogP contribution in [0, 0.1) is 6.92 Å². The molecule has 0 bridgehead atoms. The number of nitrogens with one attached hydrogen (secondary N) is 2. The lowest BCUT2D eigenvalue weighted by Crippen LogP contribution is -2.46. The number of rotatable bonds is 7. The van der Waals surface area contributed by atoms with E-state index in [4.69, 9.17) is 5.73 Å². The van der Waals surface area contributed by atoms with E-state index >= 15 is 0 Å². The highest BCUT2D eigenvalue weighted by molar-refractivity contribution is 9.10. The molecule has 2 aromatic rings. The van der Waals surface area contributed by atoms with Crippen LogP contribution in [0.15, 0.2) is 28.7 Å². The van der Waals surface area contributed by atoms with Gasteiger partial charge in [-0.2, -0.15) is 11.8 Å². The predicted octanol–water partition coefficient (Wildman–Crippen LogP) is 3.61. The summed E-state index contributed by atoms with van der Waals surface area (Å²) in [5.41, 5.74) is 6.97. The first-order valence-corrected chi connectivity index (χ1v) is 10.5. The molecule has 9 heteroatoms. The summed E-state index contributed by atoms with van der Waals surface area (Å²) in [7, 11) is 0. The van der Waals surface area contributed by atoms with E-state index < -0.39 is 12.1 Å². The molecule has 1 aromatic carbocycles. The molecule has 25 heavy (non-hydrogen) atoms. The van der Waals surface area contributed by atoms with Gasteiger partial charge < -0.3 is 16.4 Å². The summed E-state index contributed by atoms with van der Waals surface area (Å²) in [5.74, 6) is 0.420. The maximum atomic E-state index is 12.4. The molecule has 1 aromatic heterocycles. The summed E-state index contributed by atoms with van der Waals surface area (Å²) in [6, 6.07) is 6.43. The Balaban J connectivity index is 2.13. The Labute approximate surface area is 163 Å². The normalized spacial score (nSPS) is 11.8. The zero-order chi connectivity index (χ0) is 18.4. The number of aromatic nitrogens is 1. The number of anilines is 1. The van der Waals surface area contributed by atoms with Gasteiger partial charge in [-0.1, -0.05) is 28.1 Å². The number of carbonyl (C=O) groups is 2. The zero-order valence-electron chi connectivity index (χ0n) is 13.8. The lowest BCUT2D eigenvalue weighted by molar-refractivity contribution is -0.117. The van der Waals surface area contributed by atoms with Gasteiger partial charge in [0.05, 0.1) is 5.69 Å². The number of carbonyl (C=O) groups excluding carboxylic acids is 2. The molecule has 1 unspecified atom stereocenters. The molecule has 6 nitrogen and oxygen atoms in total. The molecule has 4 N–H and O–H groups in total. The van der Waals surface area contributed by atoms with Gasteiger partial charge in [0.1, 0.15) is 6.04 Å². The maximum absolute atomic E-state index is 12.4. The molecule has 3 amide bonds. The Kier molecular flexibility index (Phi) is 7.27. The SMILES string of the molecule is CSCCC(NC(N)=O)C(=O)Nc1nc(-c2ccc(Br)cc2)c(C)s1. The quantitative estimate of drug-likeness (QED) is 0.609. The minimum Gasteiger partial charge on any atom is -0.352 e. The number of aryl methyl sites for hydroxylation is 1. The number of hydrogen-bond acceptors (Lipinski definition) is 5. The summed E-state index contributed by atoms with van der Waals surface area (Å²) in [6.07, 6.45) is 2.44. The van der Waals surface area contributed by atoms with Gasteiger partial charge in [0, 0.05) is 14.9 Å². The number of urea groups is 1. The minimum absolute atomic E-state index is 0.316. The molecule has 0 saturated carbocycles. The fourth-order valence-corrected chi connectivity index (χ4v) is 3.77. The van der Waals surface area contributed by atoms with Crippen LogP contribution < -0.4 is 16.4 Å². The molecule has 0 fully saturated rings. The smallest absolute Gasteiger partial charge is 0.312 e. The lowest BCUT2D eigenvalue weighted by Gasteiger charge is -2.15. The minimum atomic E-state index is -0.716.